The van der Waals surface area contributed by atoms with Gasteiger partial charge < -0.3 is 15.0 Å². The fraction of sp³-hybridized carbons (Fsp3) is 0.538. The van der Waals surface area contributed by atoms with E-state index in [1.54, 1.807) is 11.3 Å². The van der Waals surface area contributed by atoms with Gasteiger partial charge in [0.15, 0.2) is 5.82 Å². The van der Waals surface area contributed by atoms with E-state index in [-0.39, 0.29) is 0 Å². The predicted octanol–water partition coefficient (Wildman–Crippen LogP) is 3.30. The number of hydrogen-bond acceptors (Lipinski definition) is 6. The van der Waals surface area contributed by atoms with E-state index in [1.165, 1.54) is 6.42 Å². The molecule has 3 rings (SSSR count). The number of halogens is 1. The van der Waals surface area contributed by atoms with Gasteiger partial charge in [-0.15, -0.1) is 11.3 Å². The van der Waals surface area contributed by atoms with E-state index in [9.17, 15) is 0 Å². The summed E-state index contributed by atoms with van der Waals surface area (Å²) in [5.74, 6) is 0.969. The summed E-state index contributed by atoms with van der Waals surface area (Å²) in [4.78, 5) is 4.39. The molecule has 0 aromatic carbocycles. The zero-order valence-corrected chi connectivity index (χ0v) is 13.5. The van der Waals surface area contributed by atoms with Crippen LogP contribution in [0.4, 0.5) is 0 Å². The summed E-state index contributed by atoms with van der Waals surface area (Å²) in [6, 6.07) is 1.95. The van der Waals surface area contributed by atoms with Gasteiger partial charge in [-0.1, -0.05) is 5.16 Å². The van der Waals surface area contributed by atoms with Crippen molar-refractivity contribution >= 4 is 27.3 Å². The van der Waals surface area contributed by atoms with Crippen molar-refractivity contribution in [1.29, 1.82) is 0 Å². The SMILES string of the molecule is CC(N)(COC1CCC1)c1noc(-c2csc(Br)c2)n1. The predicted molar refractivity (Wildman–Crippen MR) is 80.4 cm³/mol. The van der Waals surface area contributed by atoms with E-state index < -0.39 is 5.54 Å². The van der Waals surface area contributed by atoms with E-state index in [0.717, 1.165) is 22.2 Å². The summed E-state index contributed by atoms with van der Waals surface area (Å²) in [5, 5.41) is 5.95. The summed E-state index contributed by atoms with van der Waals surface area (Å²) in [6.45, 7) is 2.27. The van der Waals surface area contributed by atoms with E-state index in [2.05, 4.69) is 26.1 Å². The topological polar surface area (TPSA) is 74.2 Å². The molecule has 0 amide bonds. The molecule has 1 atom stereocenters. The molecule has 2 aromatic rings. The van der Waals surface area contributed by atoms with E-state index in [4.69, 9.17) is 15.0 Å². The van der Waals surface area contributed by atoms with Crippen molar-refractivity contribution in [2.45, 2.75) is 37.8 Å². The van der Waals surface area contributed by atoms with Crippen LogP contribution in [-0.4, -0.2) is 22.9 Å². The summed E-state index contributed by atoms with van der Waals surface area (Å²) in [5.41, 5.74) is 6.41. The molecule has 2 aromatic heterocycles. The number of nitrogens with two attached hydrogens (primary N) is 1. The van der Waals surface area contributed by atoms with E-state index in [1.807, 2.05) is 18.4 Å². The van der Waals surface area contributed by atoms with Crippen molar-refractivity contribution < 1.29 is 9.26 Å². The fourth-order valence-corrected chi connectivity index (χ4v) is 3.02. The number of thiophene rings is 1. The Morgan fingerprint density at radius 2 is 2.40 bits per heavy atom. The highest BCUT2D eigenvalue weighted by atomic mass is 79.9. The molecular weight excluding hydrogens is 342 g/mol. The Bertz CT molecular complexity index is 592. The average molecular weight is 358 g/mol. The Hall–Kier alpha value is -0.760. The lowest BCUT2D eigenvalue weighted by Gasteiger charge is -2.29. The van der Waals surface area contributed by atoms with Gasteiger partial charge in [0.2, 0.25) is 0 Å². The highest BCUT2D eigenvalue weighted by Crippen LogP contribution is 2.29. The first-order valence-electron chi connectivity index (χ1n) is 6.54. The Morgan fingerprint density at radius 3 is 3.00 bits per heavy atom. The van der Waals surface area contributed by atoms with Crippen LogP contribution in [0, 0.1) is 0 Å². The largest absolute Gasteiger partial charge is 0.376 e. The van der Waals surface area contributed by atoms with Gasteiger partial charge in [0.1, 0.15) is 5.54 Å². The van der Waals surface area contributed by atoms with Crippen molar-refractivity contribution in [3.8, 4) is 11.5 Å². The van der Waals surface area contributed by atoms with Gasteiger partial charge in [-0.2, -0.15) is 4.98 Å². The minimum atomic E-state index is -0.732. The zero-order chi connectivity index (χ0) is 14.2. The normalized spacial score (nSPS) is 18.8. The van der Waals surface area contributed by atoms with Crippen LogP contribution in [0.3, 0.4) is 0 Å². The van der Waals surface area contributed by atoms with Crippen molar-refractivity contribution in [3.05, 3.63) is 21.1 Å². The lowest BCUT2D eigenvalue weighted by molar-refractivity contribution is -0.0222. The molecule has 5 nitrogen and oxygen atoms in total. The molecule has 1 unspecified atom stereocenters. The van der Waals surface area contributed by atoms with E-state index in [0.29, 0.717) is 24.4 Å². The smallest absolute Gasteiger partial charge is 0.258 e. The van der Waals surface area contributed by atoms with Crippen LogP contribution in [-0.2, 0) is 10.3 Å². The molecule has 0 radical (unpaired) electrons. The van der Waals surface area contributed by atoms with Crippen LogP contribution in [0.15, 0.2) is 19.8 Å². The van der Waals surface area contributed by atoms with Crippen LogP contribution in [0.5, 0.6) is 0 Å². The third-order valence-corrected chi connectivity index (χ3v) is 4.93. The van der Waals surface area contributed by atoms with Crippen molar-refractivity contribution in [2.24, 2.45) is 5.73 Å². The number of nitrogens with zero attached hydrogens (tertiary/aromatic N) is 2. The summed E-state index contributed by atoms with van der Waals surface area (Å²) in [6.07, 6.45) is 3.83. The number of aromatic nitrogens is 2. The first-order chi connectivity index (χ1) is 9.54. The zero-order valence-electron chi connectivity index (χ0n) is 11.1. The molecule has 0 aliphatic heterocycles. The minimum Gasteiger partial charge on any atom is -0.376 e. The molecular formula is C13H16BrN3O2S. The van der Waals surface area contributed by atoms with Crippen molar-refractivity contribution in [3.63, 3.8) is 0 Å². The van der Waals surface area contributed by atoms with Crippen LogP contribution >= 0.6 is 27.3 Å². The van der Waals surface area contributed by atoms with Gasteiger partial charge in [0.05, 0.1) is 22.1 Å². The molecule has 20 heavy (non-hydrogen) atoms. The van der Waals surface area contributed by atoms with Crippen molar-refractivity contribution in [2.75, 3.05) is 6.61 Å². The van der Waals surface area contributed by atoms with E-state index >= 15 is 0 Å². The quantitative estimate of drug-likeness (QED) is 0.888. The Kier molecular flexibility index (Phi) is 3.94. The van der Waals surface area contributed by atoms with Crippen molar-refractivity contribution in [1.82, 2.24) is 10.1 Å². The number of ether oxygens (including phenoxy) is 1. The highest BCUT2D eigenvalue weighted by molar-refractivity contribution is 9.11. The molecule has 1 aliphatic carbocycles. The molecule has 1 saturated carbocycles. The summed E-state index contributed by atoms with van der Waals surface area (Å²) >= 11 is 4.99. The Labute approximate surface area is 129 Å². The lowest BCUT2D eigenvalue weighted by atomic mass is 9.95. The Balaban J connectivity index is 1.71. The average Bonchev–Trinajstić information content (AvgIpc) is 2.94. The molecule has 0 saturated heterocycles. The maximum Gasteiger partial charge on any atom is 0.258 e. The summed E-state index contributed by atoms with van der Waals surface area (Å²) in [7, 11) is 0. The first kappa shape index (κ1) is 14.2. The maximum absolute atomic E-state index is 6.25. The number of rotatable bonds is 5. The van der Waals surface area contributed by atoms with Crippen LogP contribution in [0.25, 0.3) is 11.5 Å². The molecule has 2 heterocycles. The summed E-state index contributed by atoms with van der Waals surface area (Å²) < 4.78 is 12.1. The molecule has 108 valence electrons. The second-order valence-corrected chi connectivity index (χ2v) is 7.63. The van der Waals surface area contributed by atoms with Gasteiger partial charge in [-0.3, -0.25) is 0 Å². The number of hydrogen-bond donors (Lipinski definition) is 1. The van der Waals surface area contributed by atoms with Crippen LogP contribution in [0.2, 0.25) is 0 Å². The second-order valence-electron chi connectivity index (χ2n) is 5.34. The molecule has 1 fully saturated rings. The molecule has 1 aliphatic rings. The second kappa shape index (κ2) is 5.55. The van der Waals surface area contributed by atoms with Gasteiger partial charge in [-0.25, -0.2) is 0 Å². The molecule has 0 spiro atoms. The fourth-order valence-electron chi connectivity index (χ4n) is 1.89. The maximum atomic E-state index is 6.25. The molecule has 7 heteroatoms. The third-order valence-electron chi connectivity index (χ3n) is 3.42. The minimum absolute atomic E-state index is 0.345. The van der Waals surface area contributed by atoms with Gasteiger partial charge in [-0.05, 0) is 48.2 Å². The Morgan fingerprint density at radius 1 is 1.60 bits per heavy atom. The van der Waals surface area contributed by atoms with Crippen LogP contribution in [0.1, 0.15) is 32.0 Å². The third kappa shape index (κ3) is 2.95. The standard InChI is InChI=1S/C13H16BrN3O2S/c1-13(15,7-18-9-3-2-4-9)12-16-11(19-17-12)8-5-10(14)20-6-8/h5-6,9H,2-4,7,15H2,1H3. The molecule has 0 bridgehead atoms. The molecule has 2 N–H and O–H groups in total. The van der Waals surface area contributed by atoms with Gasteiger partial charge in [0.25, 0.3) is 5.89 Å². The highest BCUT2D eigenvalue weighted by Gasteiger charge is 2.30. The van der Waals surface area contributed by atoms with Gasteiger partial charge in [0, 0.05) is 5.38 Å². The monoisotopic (exact) mass is 357 g/mol. The van der Waals surface area contributed by atoms with Gasteiger partial charge >= 0.3 is 0 Å². The lowest BCUT2D eigenvalue weighted by Crippen LogP contribution is -2.41. The van der Waals surface area contributed by atoms with Crippen LogP contribution < -0.4 is 5.73 Å². The first-order valence-corrected chi connectivity index (χ1v) is 8.21.